The van der Waals surface area contributed by atoms with Gasteiger partial charge in [-0.1, -0.05) is 6.92 Å². The molecule has 3 heterocycles. The van der Waals surface area contributed by atoms with E-state index in [-0.39, 0.29) is 18.0 Å². The summed E-state index contributed by atoms with van der Waals surface area (Å²) in [7, 11) is -3.56. The zero-order chi connectivity index (χ0) is 18.5. The van der Waals surface area contributed by atoms with Crippen molar-refractivity contribution in [3.63, 3.8) is 0 Å². The van der Waals surface area contributed by atoms with E-state index in [1.807, 2.05) is 6.92 Å². The summed E-state index contributed by atoms with van der Waals surface area (Å²) in [5.41, 5.74) is 7.92. The third-order valence-corrected chi connectivity index (χ3v) is 7.60. The number of hydrogen-bond donors (Lipinski definition) is 2. The first-order chi connectivity index (χ1) is 12.4. The Morgan fingerprint density at radius 2 is 2.00 bits per heavy atom. The molecule has 0 spiro atoms. The largest absolute Gasteiger partial charge is 0.340 e. The predicted octanol–water partition coefficient (Wildman–Crippen LogP) is 0.856. The summed E-state index contributed by atoms with van der Waals surface area (Å²) in [6.07, 6.45) is 5.36. The normalized spacial score (nSPS) is 18.7. The number of nitrogens with zero attached hydrogens (tertiary/aromatic N) is 3. The van der Waals surface area contributed by atoms with E-state index < -0.39 is 10.2 Å². The fourth-order valence-corrected chi connectivity index (χ4v) is 5.26. The molecule has 0 unspecified atom stereocenters. The Kier molecular flexibility index (Phi) is 4.38. The van der Waals surface area contributed by atoms with E-state index in [0.717, 1.165) is 22.4 Å². The van der Waals surface area contributed by atoms with E-state index in [0.29, 0.717) is 31.6 Å². The van der Waals surface area contributed by atoms with Gasteiger partial charge in [-0.05, 0) is 36.9 Å². The van der Waals surface area contributed by atoms with E-state index in [1.54, 1.807) is 18.5 Å². The Balaban J connectivity index is 1.41. The lowest BCUT2D eigenvalue weighted by Gasteiger charge is -2.29. The maximum atomic E-state index is 12.7. The molecule has 1 fully saturated rings. The van der Waals surface area contributed by atoms with Crippen molar-refractivity contribution < 1.29 is 13.2 Å². The zero-order valence-electron chi connectivity index (χ0n) is 14.4. The molecule has 2 aromatic heterocycles. The van der Waals surface area contributed by atoms with E-state index in [9.17, 15) is 13.2 Å². The molecule has 1 aliphatic heterocycles. The van der Waals surface area contributed by atoms with Crippen molar-refractivity contribution in [1.29, 1.82) is 0 Å². The maximum Gasteiger partial charge on any atom is 0.307 e. The number of amides is 1. The molecule has 140 valence electrons. The number of hydrogen-bond acceptors (Lipinski definition) is 6. The molecular formula is C16H21N5O3S2. The molecule has 0 atom stereocenters. The number of fused-ring (bicyclic) bond motifs is 1. The van der Waals surface area contributed by atoms with Gasteiger partial charge in [-0.3, -0.25) is 4.79 Å². The molecule has 10 heteroatoms. The molecule has 0 radical (unpaired) electrons. The number of carbonyl (C=O) groups is 1. The Bertz CT molecular complexity index is 919. The van der Waals surface area contributed by atoms with Gasteiger partial charge in [0.1, 0.15) is 5.69 Å². The quantitative estimate of drug-likeness (QED) is 0.780. The zero-order valence-corrected chi connectivity index (χ0v) is 16.0. The average molecular weight is 396 g/mol. The summed E-state index contributed by atoms with van der Waals surface area (Å²) < 4.78 is 32.2. The van der Waals surface area contributed by atoms with Crippen LogP contribution in [0.15, 0.2) is 18.5 Å². The van der Waals surface area contributed by atoms with Gasteiger partial charge in [-0.15, -0.1) is 0 Å². The number of aromatic nitrogens is 2. The summed E-state index contributed by atoms with van der Waals surface area (Å²) in [6, 6.07) is 1.65. The van der Waals surface area contributed by atoms with Crippen LogP contribution in [0, 0.1) is 0 Å². The van der Waals surface area contributed by atoms with Crippen LogP contribution in [-0.2, 0) is 16.6 Å². The smallest absolute Gasteiger partial charge is 0.307 e. The van der Waals surface area contributed by atoms with Crippen molar-refractivity contribution in [1.82, 2.24) is 18.0 Å². The van der Waals surface area contributed by atoms with Crippen LogP contribution in [-0.4, -0.2) is 46.1 Å². The number of carbonyl (C=O) groups excluding carboxylic acids is 1. The number of rotatable bonds is 5. The molecule has 3 N–H and O–H groups in total. The molecular weight excluding hydrogens is 374 g/mol. The Morgan fingerprint density at radius 1 is 1.35 bits per heavy atom. The third kappa shape index (κ3) is 3.07. The number of piperidine rings is 1. The first-order valence-electron chi connectivity index (χ1n) is 8.64. The van der Waals surface area contributed by atoms with Crippen molar-refractivity contribution in [2.45, 2.75) is 38.3 Å². The van der Waals surface area contributed by atoms with E-state index in [2.05, 4.69) is 9.69 Å². The highest BCUT2D eigenvalue weighted by molar-refractivity contribution is 7.87. The van der Waals surface area contributed by atoms with Crippen LogP contribution in [0.2, 0.25) is 0 Å². The average Bonchev–Trinajstić information content (AvgIpc) is 3.04. The minimum Gasteiger partial charge on any atom is -0.340 e. The minimum absolute atomic E-state index is 0.0728. The van der Waals surface area contributed by atoms with Crippen molar-refractivity contribution in [2.24, 2.45) is 5.73 Å². The lowest BCUT2D eigenvalue weighted by atomic mass is 10.1. The van der Waals surface area contributed by atoms with Crippen LogP contribution in [0.3, 0.4) is 0 Å². The van der Waals surface area contributed by atoms with Crippen molar-refractivity contribution >= 4 is 27.6 Å². The Morgan fingerprint density at radius 3 is 2.58 bits per heavy atom. The van der Waals surface area contributed by atoms with Gasteiger partial charge in [-0.2, -0.15) is 17.1 Å². The number of nitrogens with two attached hydrogens (primary N) is 1. The maximum absolute atomic E-state index is 12.7. The Labute approximate surface area is 156 Å². The SMILES string of the molecule is CCc1cc(C(=O)NC2c3cn(S(=O)(=O)N4CCC(N)CC4)cc32)ns1. The molecule has 1 saturated heterocycles. The van der Waals surface area contributed by atoms with Gasteiger partial charge in [0.25, 0.3) is 5.91 Å². The van der Waals surface area contributed by atoms with Crippen LogP contribution in [0.25, 0.3) is 0 Å². The fourth-order valence-electron chi connectivity index (χ4n) is 3.19. The van der Waals surface area contributed by atoms with Gasteiger partial charge >= 0.3 is 10.2 Å². The molecule has 0 saturated carbocycles. The van der Waals surface area contributed by atoms with Gasteiger partial charge in [0.15, 0.2) is 0 Å². The monoisotopic (exact) mass is 395 g/mol. The molecule has 2 aromatic rings. The molecule has 1 aliphatic carbocycles. The second kappa shape index (κ2) is 6.45. The number of aryl methyl sites for hydroxylation is 1. The minimum atomic E-state index is -3.56. The highest BCUT2D eigenvalue weighted by Crippen LogP contribution is 2.42. The van der Waals surface area contributed by atoms with Crippen LogP contribution in [0.5, 0.6) is 0 Å². The van der Waals surface area contributed by atoms with E-state index >= 15 is 0 Å². The molecule has 8 nitrogen and oxygen atoms in total. The number of nitrogens with one attached hydrogen (secondary N) is 1. The first-order valence-corrected chi connectivity index (χ1v) is 10.8. The standard InChI is InChI=1S/C16H21N5O3S2/c1-2-11-7-14(19-25-11)16(22)18-15-12-8-21(9-13(12)15)26(23,24)20-5-3-10(17)4-6-20/h7-10,15H,2-6,17H2,1H3,(H,18,22). The lowest BCUT2D eigenvalue weighted by molar-refractivity contribution is 0.0945. The Hall–Kier alpha value is -1.75. The van der Waals surface area contributed by atoms with Crippen LogP contribution >= 0.6 is 11.5 Å². The molecule has 4 rings (SSSR count). The lowest BCUT2D eigenvalue weighted by Crippen LogP contribution is -2.44. The second-order valence-electron chi connectivity index (χ2n) is 6.68. The molecule has 0 bridgehead atoms. The highest BCUT2D eigenvalue weighted by Gasteiger charge is 2.39. The highest BCUT2D eigenvalue weighted by atomic mass is 32.2. The summed E-state index contributed by atoms with van der Waals surface area (Å²) in [5, 5.41) is 2.88. The summed E-state index contributed by atoms with van der Waals surface area (Å²) in [5.74, 6) is -0.235. The fraction of sp³-hybridized carbons (Fsp3) is 0.500. The summed E-state index contributed by atoms with van der Waals surface area (Å²) in [4.78, 5) is 13.3. The van der Waals surface area contributed by atoms with Crippen molar-refractivity contribution in [3.8, 4) is 0 Å². The van der Waals surface area contributed by atoms with E-state index in [4.69, 9.17) is 5.73 Å². The van der Waals surface area contributed by atoms with Gasteiger partial charge in [0.2, 0.25) is 0 Å². The molecule has 0 aromatic carbocycles. The second-order valence-corrected chi connectivity index (χ2v) is 9.40. The molecule has 2 aliphatic rings. The molecule has 26 heavy (non-hydrogen) atoms. The topological polar surface area (TPSA) is 110 Å². The van der Waals surface area contributed by atoms with Gasteiger partial charge in [0, 0.05) is 47.5 Å². The first kappa shape index (κ1) is 17.7. The predicted molar refractivity (Wildman–Crippen MR) is 98.3 cm³/mol. The summed E-state index contributed by atoms with van der Waals surface area (Å²) in [6.45, 7) is 2.90. The molecule has 1 amide bonds. The van der Waals surface area contributed by atoms with Crippen LogP contribution < -0.4 is 11.1 Å². The summed E-state index contributed by atoms with van der Waals surface area (Å²) >= 11 is 1.32. The van der Waals surface area contributed by atoms with Crippen molar-refractivity contribution in [2.75, 3.05) is 13.1 Å². The van der Waals surface area contributed by atoms with Crippen LogP contribution in [0.1, 0.15) is 52.3 Å². The van der Waals surface area contributed by atoms with Gasteiger partial charge in [-0.25, -0.2) is 3.97 Å². The van der Waals surface area contributed by atoms with Crippen molar-refractivity contribution in [3.05, 3.63) is 40.2 Å². The van der Waals surface area contributed by atoms with Gasteiger partial charge in [0.05, 0.1) is 6.04 Å². The third-order valence-electron chi connectivity index (χ3n) is 4.91. The van der Waals surface area contributed by atoms with Crippen LogP contribution in [0.4, 0.5) is 0 Å². The van der Waals surface area contributed by atoms with E-state index in [1.165, 1.54) is 19.8 Å². The van der Waals surface area contributed by atoms with Gasteiger partial charge < -0.3 is 11.1 Å².